The van der Waals surface area contributed by atoms with E-state index in [9.17, 15) is 10.1 Å². The molecule has 0 heterocycles. The maximum absolute atomic E-state index is 10.7. The average Bonchev–Trinajstić information content (AvgIpc) is 2.30. The zero-order valence-corrected chi connectivity index (χ0v) is 10.3. The largest absolute Gasteiger partial charge is 0.273 e. The van der Waals surface area contributed by atoms with Gasteiger partial charge in [-0.15, -0.1) is 0 Å². The minimum absolute atomic E-state index is 0.144. The van der Waals surface area contributed by atoms with E-state index < -0.39 is 0 Å². The van der Waals surface area contributed by atoms with Crippen molar-refractivity contribution in [3.8, 4) is 11.8 Å². The third-order valence-corrected chi connectivity index (χ3v) is 2.54. The molecule has 0 fully saturated rings. The number of hydrogen-bond donors (Lipinski definition) is 0. The Hall–Kier alpha value is -1.82. The molecule has 0 bridgehead atoms. The van der Waals surface area contributed by atoms with Crippen molar-refractivity contribution in [1.29, 1.82) is 0 Å². The summed E-state index contributed by atoms with van der Waals surface area (Å²) in [5, 5.41) is 10.7. The van der Waals surface area contributed by atoms with Gasteiger partial charge in [-0.3, -0.25) is 10.1 Å². The van der Waals surface area contributed by atoms with Crippen LogP contribution in [0.1, 0.15) is 43.7 Å². The first kappa shape index (κ1) is 13.2. The van der Waals surface area contributed by atoms with Crippen LogP contribution in [0.15, 0.2) is 18.2 Å². The summed E-state index contributed by atoms with van der Waals surface area (Å²) < 4.78 is 0. The number of nitro groups is 1. The summed E-state index contributed by atoms with van der Waals surface area (Å²) in [7, 11) is 0. The Labute approximate surface area is 102 Å². The van der Waals surface area contributed by atoms with Crippen LogP contribution in [0, 0.1) is 28.9 Å². The highest BCUT2D eigenvalue weighted by molar-refractivity contribution is 5.48. The minimum atomic E-state index is -0.363. The zero-order valence-electron chi connectivity index (χ0n) is 10.3. The molecule has 0 aromatic heterocycles. The van der Waals surface area contributed by atoms with Crippen molar-refractivity contribution in [2.24, 2.45) is 0 Å². The zero-order chi connectivity index (χ0) is 12.7. The molecule has 3 heteroatoms. The molecular weight excluding hydrogens is 214 g/mol. The van der Waals surface area contributed by atoms with E-state index in [0.717, 1.165) is 18.4 Å². The van der Waals surface area contributed by atoms with E-state index >= 15 is 0 Å². The van der Waals surface area contributed by atoms with E-state index in [1.807, 2.05) is 6.07 Å². The lowest BCUT2D eigenvalue weighted by atomic mass is 10.1. The molecule has 1 rings (SSSR count). The molecule has 1 aromatic carbocycles. The normalized spacial score (nSPS) is 9.53. The SMILES string of the molecule is CCCCCC#Cc1ccc(C)c([N+](=O)[O-])c1. The van der Waals surface area contributed by atoms with Gasteiger partial charge in [0.25, 0.3) is 5.69 Å². The third-order valence-electron chi connectivity index (χ3n) is 2.54. The summed E-state index contributed by atoms with van der Waals surface area (Å²) >= 11 is 0. The van der Waals surface area contributed by atoms with E-state index in [-0.39, 0.29) is 10.6 Å². The minimum Gasteiger partial charge on any atom is -0.258 e. The highest BCUT2D eigenvalue weighted by Gasteiger charge is 2.09. The van der Waals surface area contributed by atoms with E-state index in [2.05, 4.69) is 18.8 Å². The summed E-state index contributed by atoms with van der Waals surface area (Å²) in [6.07, 6.45) is 4.31. The van der Waals surface area contributed by atoms with Gasteiger partial charge in [0, 0.05) is 23.6 Å². The Morgan fingerprint density at radius 3 is 2.76 bits per heavy atom. The van der Waals surface area contributed by atoms with Crippen molar-refractivity contribution in [1.82, 2.24) is 0 Å². The second-order valence-corrected chi connectivity index (χ2v) is 4.02. The van der Waals surface area contributed by atoms with Gasteiger partial charge in [-0.2, -0.15) is 0 Å². The molecule has 0 amide bonds. The topological polar surface area (TPSA) is 43.1 Å². The Kier molecular flexibility index (Phi) is 5.22. The number of nitro benzene ring substituents is 1. The van der Waals surface area contributed by atoms with Gasteiger partial charge in [0.15, 0.2) is 0 Å². The van der Waals surface area contributed by atoms with Crippen LogP contribution >= 0.6 is 0 Å². The fourth-order valence-electron chi connectivity index (χ4n) is 1.51. The smallest absolute Gasteiger partial charge is 0.258 e. The van der Waals surface area contributed by atoms with Crippen molar-refractivity contribution in [2.75, 3.05) is 0 Å². The van der Waals surface area contributed by atoms with E-state index in [1.165, 1.54) is 12.8 Å². The van der Waals surface area contributed by atoms with Crippen LogP contribution in [-0.4, -0.2) is 4.92 Å². The van der Waals surface area contributed by atoms with Gasteiger partial charge >= 0.3 is 0 Å². The van der Waals surface area contributed by atoms with Crippen LogP contribution in [0.3, 0.4) is 0 Å². The van der Waals surface area contributed by atoms with Crippen LogP contribution in [0.2, 0.25) is 0 Å². The van der Waals surface area contributed by atoms with Gasteiger partial charge in [0.2, 0.25) is 0 Å². The van der Waals surface area contributed by atoms with E-state index in [0.29, 0.717) is 5.56 Å². The lowest BCUT2D eigenvalue weighted by molar-refractivity contribution is -0.385. The van der Waals surface area contributed by atoms with Gasteiger partial charge in [-0.1, -0.05) is 37.7 Å². The predicted octanol–water partition coefficient (Wildman–Crippen LogP) is 3.84. The Morgan fingerprint density at radius 2 is 2.12 bits per heavy atom. The fourth-order valence-corrected chi connectivity index (χ4v) is 1.51. The molecule has 0 aliphatic carbocycles. The number of hydrogen-bond acceptors (Lipinski definition) is 2. The summed E-state index contributed by atoms with van der Waals surface area (Å²) in [5.74, 6) is 6.02. The number of nitrogens with zero attached hydrogens (tertiary/aromatic N) is 1. The second kappa shape index (κ2) is 6.70. The molecule has 0 saturated carbocycles. The lowest BCUT2D eigenvalue weighted by Gasteiger charge is -1.97. The molecule has 0 N–H and O–H groups in total. The average molecular weight is 231 g/mol. The first-order valence-electron chi connectivity index (χ1n) is 5.89. The van der Waals surface area contributed by atoms with Gasteiger partial charge in [-0.05, 0) is 19.4 Å². The first-order valence-corrected chi connectivity index (χ1v) is 5.89. The van der Waals surface area contributed by atoms with Gasteiger partial charge in [0.1, 0.15) is 0 Å². The molecule has 90 valence electrons. The van der Waals surface area contributed by atoms with Gasteiger partial charge in [0.05, 0.1) is 4.92 Å². The molecule has 0 radical (unpaired) electrons. The van der Waals surface area contributed by atoms with Crippen molar-refractivity contribution in [3.05, 3.63) is 39.4 Å². The molecule has 0 aliphatic rings. The van der Waals surface area contributed by atoms with Gasteiger partial charge in [-0.25, -0.2) is 0 Å². The maximum atomic E-state index is 10.7. The molecule has 1 aromatic rings. The highest BCUT2D eigenvalue weighted by Crippen LogP contribution is 2.18. The Balaban J connectivity index is 2.72. The highest BCUT2D eigenvalue weighted by atomic mass is 16.6. The predicted molar refractivity (Wildman–Crippen MR) is 68.9 cm³/mol. The van der Waals surface area contributed by atoms with Gasteiger partial charge < -0.3 is 0 Å². The summed E-state index contributed by atoms with van der Waals surface area (Å²) in [5.41, 5.74) is 1.54. The molecule has 0 spiro atoms. The Bertz CT molecular complexity index is 455. The third kappa shape index (κ3) is 4.28. The summed E-state index contributed by atoms with van der Waals surface area (Å²) in [6.45, 7) is 3.88. The molecule has 0 atom stereocenters. The molecule has 17 heavy (non-hydrogen) atoms. The van der Waals surface area contributed by atoms with Crippen LogP contribution in [0.25, 0.3) is 0 Å². The molecular formula is C14H17NO2. The standard InChI is InChI=1S/C14H17NO2/c1-3-4-5-6-7-8-13-10-9-12(2)14(11-13)15(16)17/h9-11H,3-6H2,1-2H3. The molecule has 0 saturated heterocycles. The number of aryl methyl sites for hydroxylation is 1. The molecule has 3 nitrogen and oxygen atoms in total. The van der Waals surface area contributed by atoms with E-state index in [4.69, 9.17) is 0 Å². The van der Waals surface area contributed by atoms with Crippen LogP contribution < -0.4 is 0 Å². The van der Waals surface area contributed by atoms with Crippen molar-refractivity contribution in [3.63, 3.8) is 0 Å². The fraction of sp³-hybridized carbons (Fsp3) is 0.429. The van der Waals surface area contributed by atoms with Crippen molar-refractivity contribution in [2.45, 2.75) is 39.5 Å². The lowest BCUT2D eigenvalue weighted by Crippen LogP contribution is -1.92. The number of rotatable bonds is 4. The molecule has 0 aliphatic heterocycles. The number of benzene rings is 1. The second-order valence-electron chi connectivity index (χ2n) is 4.02. The van der Waals surface area contributed by atoms with Crippen LogP contribution in [0.5, 0.6) is 0 Å². The first-order chi connectivity index (χ1) is 8.15. The van der Waals surface area contributed by atoms with Crippen molar-refractivity contribution < 1.29 is 4.92 Å². The van der Waals surface area contributed by atoms with Crippen molar-refractivity contribution >= 4 is 5.69 Å². The number of unbranched alkanes of at least 4 members (excludes halogenated alkanes) is 3. The van der Waals surface area contributed by atoms with Crippen LogP contribution in [0.4, 0.5) is 5.69 Å². The quantitative estimate of drug-likeness (QED) is 0.342. The summed E-state index contributed by atoms with van der Waals surface area (Å²) in [4.78, 5) is 10.4. The summed E-state index contributed by atoms with van der Waals surface area (Å²) in [6, 6.07) is 5.12. The Morgan fingerprint density at radius 1 is 1.35 bits per heavy atom. The van der Waals surface area contributed by atoms with Crippen LogP contribution in [-0.2, 0) is 0 Å². The molecule has 0 unspecified atom stereocenters. The van der Waals surface area contributed by atoms with E-state index in [1.54, 1.807) is 19.1 Å². The monoisotopic (exact) mass is 231 g/mol. The maximum Gasteiger partial charge on any atom is 0.273 e.